The molecule has 0 aliphatic rings. The SMILES string of the molecule is Cc1ccc(C(CC(=O)O)C(F)(F)F)c2ccccc12. The minimum absolute atomic E-state index is 0.0149. The van der Waals surface area contributed by atoms with Crippen molar-refractivity contribution in [1.29, 1.82) is 0 Å². The predicted octanol–water partition coefficient (Wildman–Crippen LogP) is 4.27. The highest BCUT2D eigenvalue weighted by Gasteiger charge is 2.42. The van der Waals surface area contributed by atoms with Crippen LogP contribution in [0, 0.1) is 6.92 Å². The third-order valence-electron chi connectivity index (χ3n) is 3.33. The molecule has 106 valence electrons. The second-order valence-corrected chi connectivity index (χ2v) is 4.71. The first-order chi connectivity index (χ1) is 9.30. The average Bonchev–Trinajstić information content (AvgIpc) is 2.36. The number of aliphatic carboxylic acids is 1. The van der Waals surface area contributed by atoms with E-state index in [1.165, 1.54) is 6.07 Å². The zero-order valence-corrected chi connectivity index (χ0v) is 10.7. The van der Waals surface area contributed by atoms with Crippen LogP contribution in [0.3, 0.4) is 0 Å². The fourth-order valence-corrected chi connectivity index (χ4v) is 2.35. The van der Waals surface area contributed by atoms with Crippen LogP contribution in [-0.2, 0) is 4.79 Å². The van der Waals surface area contributed by atoms with E-state index in [9.17, 15) is 18.0 Å². The highest BCUT2D eigenvalue weighted by Crippen LogP contribution is 2.40. The molecule has 0 amide bonds. The summed E-state index contributed by atoms with van der Waals surface area (Å²) in [7, 11) is 0. The third-order valence-corrected chi connectivity index (χ3v) is 3.33. The molecule has 20 heavy (non-hydrogen) atoms. The molecule has 0 aliphatic heterocycles. The third kappa shape index (κ3) is 2.76. The molecule has 0 heterocycles. The van der Waals surface area contributed by atoms with Crippen molar-refractivity contribution in [2.75, 3.05) is 0 Å². The lowest BCUT2D eigenvalue weighted by atomic mass is 9.89. The van der Waals surface area contributed by atoms with Crippen LogP contribution in [0.4, 0.5) is 13.2 Å². The van der Waals surface area contributed by atoms with E-state index < -0.39 is 24.5 Å². The first kappa shape index (κ1) is 14.4. The average molecular weight is 282 g/mol. The summed E-state index contributed by atoms with van der Waals surface area (Å²) < 4.78 is 39.4. The van der Waals surface area contributed by atoms with Crippen LogP contribution in [0.5, 0.6) is 0 Å². The topological polar surface area (TPSA) is 37.3 Å². The van der Waals surface area contributed by atoms with E-state index in [2.05, 4.69) is 0 Å². The molecule has 2 aromatic rings. The molecule has 0 bridgehead atoms. The van der Waals surface area contributed by atoms with Gasteiger partial charge in [0.05, 0.1) is 12.3 Å². The molecular formula is C15H13F3O2. The molecule has 0 saturated carbocycles. The monoisotopic (exact) mass is 282 g/mol. The molecule has 2 rings (SSSR count). The number of alkyl halides is 3. The van der Waals surface area contributed by atoms with Gasteiger partial charge in [-0.1, -0.05) is 36.4 Å². The number of carbonyl (C=O) groups is 1. The van der Waals surface area contributed by atoms with E-state index in [0.717, 1.165) is 5.56 Å². The van der Waals surface area contributed by atoms with Gasteiger partial charge >= 0.3 is 12.1 Å². The Morgan fingerprint density at radius 2 is 1.75 bits per heavy atom. The molecule has 1 N–H and O–H groups in total. The number of benzene rings is 2. The van der Waals surface area contributed by atoms with Gasteiger partial charge in [-0.3, -0.25) is 4.79 Å². The van der Waals surface area contributed by atoms with Crippen molar-refractivity contribution in [1.82, 2.24) is 0 Å². The number of rotatable bonds is 3. The van der Waals surface area contributed by atoms with Crippen LogP contribution in [-0.4, -0.2) is 17.3 Å². The molecule has 0 aromatic heterocycles. The zero-order valence-electron chi connectivity index (χ0n) is 10.7. The van der Waals surface area contributed by atoms with Gasteiger partial charge in [-0.05, 0) is 28.8 Å². The van der Waals surface area contributed by atoms with Crippen LogP contribution in [0.15, 0.2) is 36.4 Å². The van der Waals surface area contributed by atoms with Crippen LogP contribution >= 0.6 is 0 Å². The number of hydrogen-bond acceptors (Lipinski definition) is 1. The molecule has 2 nitrogen and oxygen atoms in total. The summed E-state index contributed by atoms with van der Waals surface area (Å²) in [4.78, 5) is 10.7. The summed E-state index contributed by atoms with van der Waals surface area (Å²) in [6.45, 7) is 1.81. The number of halogens is 3. The molecular weight excluding hydrogens is 269 g/mol. The Bertz CT molecular complexity index is 647. The fraction of sp³-hybridized carbons (Fsp3) is 0.267. The first-order valence-corrected chi connectivity index (χ1v) is 6.07. The normalized spacial score (nSPS) is 13.4. The van der Waals surface area contributed by atoms with Gasteiger partial charge in [0.15, 0.2) is 0 Å². The van der Waals surface area contributed by atoms with Gasteiger partial charge in [0.1, 0.15) is 0 Å². The molecule has 0 radical (unpaired) electrons. The lowest BCUT2D eigenvalue weighted by Crippen LogP contribution is -2.24. The van der Waals surface area contributed by atoms with Gasteiger partial charge in [-0.25, -0.2) is 0 Å². The predicted molar refractivity (Wildman–Crippen MR) is 69.7 cm³/mol. The Morgan fingerprint density at radius 1 is 1.15 bits per heavy atom. The Balaban J connectivity index is 2.65. The second-order valence-electron chi connectivity index (χ2n) is 4.71. The van der Waals surface area contributed by atoms with E-state index in [4.69, 9.17) is 5.11 Å². The smallest absolute Gasteiger partial charge is 0.396 e. The van der Waals surface area contributed by atoms with Crippen molar-refractivity contribution in [3.05, 3.63) is 47.5 Å². The van der Waals surface area contributed by atoms with Crippen molar-refractivity contribution in [3.8, 4) is 0 Å². The Morgan fingerprint density at radius 3 is 2.30 bits per heavy atom. The highest BCUT2D eigenvalue weighted by atomic mass is 19.4. The number of hydrogen-bond donors (Lipinski definition) is 1. The van der Waals surface area contributed by atoms with Crippen molar-refractivity contribution in [2.24, 2.45) is 0 Å². The van der Waals surface area contributed by atoms with Crippen molar-refractivity contribution in [2.45, 2.75) is 25.4 Å². The van der Waals surface area contributed by atoms with Gasteiger partial charge in [0.2, 0.25) is 0 Å². The number of carboxylic acids is 1. The molecule has 0 fully saturated rings. The maximum atomic E-state index is 13.1. The van der Waals surface area contributed by atoms with E-state index in [1.54, 1.807) is 30.3 Å². The maximum Gasteiger partial charge on any atom is 0.396 e. The van der Waals surface area contributed by atoms with Gasteiger partial charge < -0.3 is 5.11 Å². The van der Waals surface area contributed by atoms with Crippen LogP contribution in [0.1, 0.15) is 23.5 Å². The Labute approximate surface area is 113 Å². The standard InChI is InChI=1S/C15H13F3O2/c1-9-6-7-12(11-5-3-2-4-10(9)11)13(8-14(19)20)15(16,17)18/h2-7,13H,8H2,1H3,(H,19,20). The minimum Gasteiger partial charge on any atom is -0.481 e. The van der Waals surface area contributed by atoms with E-state index in [0.29, 0.717) is 10.8 Å². The van der Waals surface area contributed by atoms with Crippen LogP contribution in [0.2, 0.25) is 0 Å². The van der Waals surface area contributed by atoms with Gasteiger partial charge in [0.25, 0.3) is 0 Å². The molecule has 0 saturated heterocycles. The summed E-state index contributed by atoms with van der Waals surface area (Å²) >= 11 is 0. The molecule has 1 unspecified atom stereocenters. The lowest BCUT2D eigenvalue weighted by molar-refractivity contribution is -0.163. The summed E-state index contributed by atoms with van der Waals surface area (Å²) in [6.07, 6.45) is -5.55. The molecule has 0 spiro atoms. The first-order valence-electron chi connectivity index (χ1n) is 6.07. The van der Waals surface area contributed by atoms with Crippen molar-refractivity contribution >= 4 is 16.7 Å². The minimum atomic E-state index is -4.59. The summed E-state index contributed by atoms with van der Waals surface area (Å²) in [5.41, 5.74) is 0.877. The molecule has 5 heteroatoms. The van der Waals surface area contributed by atoms with E-state index >= 15 is 0 Å². The zero-order chi connectivity index (χ0) is 14.9. The molecule has 1 atom stereocenters. The highest BCUT2D eigenvalue weighted by molar-refractivity contribution is 5.89. The van der Waals surface area contributed by atoms with E-state index in [-0.39, 0.29) is 5.56 Å². The fourth-order valence-electron chi connectivity index (χ4n) is 2.35. The molecule has 2 aromatic carbocycles. The maximum absolute atomic E-state index is 13.1. The van der Waals surface area contributed by atoms with Gasteiger partial charge in [0, 0.05) is 0 Å². The quantitative estimate of drug-likeness (QED) is 0.912. The van der Waals surface area contributed by atoms with Crippen LogP contribution < -0.4 is 0 Å². The van der Waals surface area contributed by atoms with Crippen molar-refractivity contribution < 1.29 is 23.1 Å². The largest absolute Gasteiger partial charge is 0.481 e. The molecule has 0 aliphatic carbocycles. The number of carboxylic acid groups (broad SMARTS) is 1. The number of fused-ring (bicyclic) bond motifs is 1. The summed E-state index contributed by atoms with van der Waals surface area (Å²) in [5.74, 6) is -3.46. The second kappa shape index (κ2) is 5.15. The van der Waals surface area contributed by atoms with Crippen molar-refractivity contribution in [3.63, 3.8) is 0 Å². The Hall–Kier alpha value is -2.04. The van der Waals surface area contributed by atoms with E-state index in [1.807, 2.05) is 6.92 Å². The van der Waals surface area contributed by atoms with Gasteiger partial charge in [-0.15, -0.1) is 0 Å². The summed E-state index contributed by atoms with van der Waals surface area (Å²) in [6, 6.07) is 9.70. The number of aryl methyl sites for hydroxylation is 1. The van der Waals surface area contributed by atoms with Gasteiger partial charge in [-0.2, -0.15) is 13.2 Å². The van der Waals surface area contributed by atoms with Crippen LogP contribution in [0.25, 0.3) is 10.8 Å². The lowest BCUT2D eigenvalue weighted by Gasteiger charge is -2.21. The summed E-state index contributed by atoms with van der Waals surface area (Å²) in [5, 5.41) is 9.90. The Kier molecular flexibility index (Phi) is 3.70.